The molecule has 0 bridgehead atoms. The first-order valence-electron chi connectivity index (χ1n) is 5.86. The van der Waals surface area contributed by atoms with Gasteiger partial charge in [0.2, 0.25) is 0 Å². The van der Waals surface area contributed by atoms with Crippen molar-refractivity contribution in [1.29, 1.82) is 10.5 Å². The lowest BCUT2D eigenvalue weighted by Crippen LogP contribution is -2.09. The average molecular weight is 287 g/mol. The van der Waals surface area contributed by atoms with Crippen LogP contribution in [-0.2, 0) is 9.53 Å². The molecule has 0 atom stereocenters. The van der Waals surface area contributed by atoms with Crippen LogP contribution in [0.4, 0.5) is 5.69 Å². The molecule has 0 amide bonds. The number of nitrogens with one attached hydrogen (secondary N) is 1. The minimum Gasteiger partial charge on any atom is -0.465 e. The van der Waals surface area contributed by atoms with Crippen molar-refractivity contribution in [2.75, 3.05) is 17.7 Å². The number of allylic oxidation sites excluding steroid dienone is 1. The van der Waals surface area contributed by atoms with Gasteiger partial charge in [-0.25, -0.2) is 0 Å². The zero-order chi connectivity index (χ0) is 14.8. The number of hydrogen-bond donors (Lipinski definition) is 1. The number of esters is 1. The molecule has 0 fully saturated rings. The summed E-state index contributed by atoms with van der Waals surface area (Å²) in [5.74, 6) is -0.351. The Morgan fingerprint density at radius 1 is 1.30 bits per heavy atom. The Kier molecular flexibility index (Phi) is 6.74. The third-order valence-corrected chi connectivity index (χ3v) is 3.10. The summed E-state index contributed by atoms with van der Waals surface area (Å²) in [6.07, 6.45) is 0. The van der Waals surface area contributed by atoms with Gasteiger partial charge in [0.25, 0.3) is 0 Å². The Morgan fingerprint density at radius 2 is 1.95 bits per heavy atom. The van der Waals surface area contributed by atoms with E-state index in [0.717, 1.165) is 17.4 Å². The molecule has 20 heavy (non-hydrogen) atoms. The fraction of sp³-hybridized carbons (Fsp3) is 0.214. The van der Waals surface area contributed by atoms with Gasteiger partial charge in [-0.2, -0.15) is 10.5 Å². The molecule has 0 aliphatic rings. The molecule has 0 aliphatic carbocycles. The normalized spacial score (nSPS) is 8.95. The van der Waals surface area contributed by atoms with Gasteiger partial charge >= 0.3 is 5.97 Å². The summed E-state index contributed by atoms with van der Waals surface area (Å²) in [6.45, 7) is 2.02. The molecule has 0 aliphatic heterocycles. The first-order chi connectivity index (χ1) is 9.71. The van der Waals surface area contributed by atoms with Crippen molar-refractivity contribution in [1.82, 2.24) is 0 Å². The topological polar surface area (TPSA) is 85.9 Å². The van der Waals surface area contributed by atoms with Gasteiger partial charge in [-0.05, 0) is 19.1 Å². The van der Waals surface area contributed by atoms with Crippen LogP contribution in [0.3, 0.4) is 0 Å². The Bertz CT molecular complexity index is 554. The fourth-order valence-corrected chi connectivity index (χ4v) is 2.05. The van der Waals surface area contributed by atoms with Gasteiger partial charge in [0.1, 0.15) is 17.2 Å². The number of nitrogens with zero attached hydrogens (tertiary/aromatic N) is 2. The van der Waals surface area contributed by atoms with Gasteiger partial charge in [-0.1, -0.05) is 30.0 Å². The first-order valence-corrected chi connectivity index (χ1v) is 6.84. The number of rotatable bonds is 6. The summed E-state index contributed by atoms with van der Waals surface area (Å²) in [5.41, 5.74) is 0.671. The zero-order valence-corrected chi connectivity index (χ0v) is 11.7. The molecule has 0 unspecified atom stereocenters. The molecule has 1 N–H and O–H groups in total. The van der Waals surface area contributed by atoms with E-state index in [4.69, 9.17) is 15.3 Å². The van der Waals surface area contributed by atoms with E-state index in [0.29, 0.717) is 11.6 Å². The van der Waals surface area contributed by atoms with Crippen LogP contribution in [0.25, 0.3) is 0 Å². The number of para-hydroxylation sites is 1. The Labute approximate surface area is 121 Å². The minimum absolute atomic E-state index is 0.0376. The summed E-state index contributed by atoms with van der Waals surface area (Å²) >= 11 is 1.07. The molecule has 0 aromatic heterocycles. The second-order valence-electron chi connectivity index (χ2n) is 3.51. The van der Waals surface area contributed by atoms with Gasteiger partial charge in [0.05, 0.1) is 12.4 Å². The van der Waals surface area contributed by atoms with E-state index in [9.17, 15) is 4.79 Å². The van der Waals surface area contributed by atoms with Crippen molar-refractivity contribution >= 4 is 23.4 Å². The first kappa shape index (κ1) is 15.6. The van der Waals surface area contributed by atoms with Crippen LogP contribution in [0.5, 0.6) is 0 Å². The van der Waals surface area contributed by atoms with Crippen LogP contribution in [0, 0.1) is 22.7 Å². The van der Waals surface area contributed by atoms with Crippen molar-refractivity contribution in [2.24, 2.45) is 0 Å². The predicted octanol–water partition coefficient (Wildman–Crippen LogP) is 2.65. The van der Waals surface area contributed by atoms with E-state index >= 15 is 0 Å². The molecule has 6 heteroatoms. The molecule has 1 aromatic carbocycles. The number of carbonyl (C=O) groups is 1. The highest BCUT2D eigenvalue weighted by Crippen LogP contribution is 2.22. The summed E-state index contributed by atoms with van der Waals surface area (Å²) < 4.78 is 4.81. The van der Waals surface area contributed by atoms with Gasteiger partial charge in [-0.3, -0.25) is 4.79 Å². The lowest BCUT2D eigenvalue weighted by atomic mass is 10.3. The van der Waals surface area contributed by atoms with Crippen LogP contribution in [0.2, 0.25) is 0 Å². The molecular formula is C14H13N3O2S. The highest BCUT2D eigenvalue weighted by atomic mass is 32.2. The lowest BCUT2D eigenvalue weighted by molar-refractivity contribution is -0.139. The van der Waals surface area contributed by atoms with Crippen LogP contribution in [0.1, 0.15) is 6.92 Å². The monoisotopic (exact) mass is 287 g/mol. The summed E-state index contributed by atoms with van der Waals surface area (Å²) in [4.78, 5) is 11.3. The van der Waals surface area contributed by atoms with Crippen molar-refractivity contribution in [3.8, 4) is 12.1 Å². The quantitative estimate of drug-likeness (QED) is 0.639. The standard InChI is InChI=1S/C14H13N3O2S/c1-2-19-13(18)10-20-14(11(8-15)9-16)17-12-6-4-3-5-7-12/h3-7,17H,2,10H2,1H3. The van der Waals surface area contributed by atoms with Gasteiger partial charge in [0, 0.05) is 5.69 Å². The molecule has 5 nitrogen and oxygen atoms in total. The van der Waals surface area contributed by atoms with E-state index in [-0.39, 0.29) is 17.3 Å². The van der Waals surface area contributed by atoms with E-state index in [1.54, 1.807) is 19.1 Å². The molecule has 0 spiro atoms. The van der Waals surface area contributed by atoms with E-state index in [1.165, 1.54) is 0 Å². The molecule has 0 saturated heterocycles. The molecule has 1 aromatic rings. The second-order valence-corrected chi connectivity index (χ2v) is 4.50. The Hall–Kier alpha value is -2.44. The molecular weight excluding hydrogens is 274 g/mol. The summed E-state index contributed by atoms with van der Waals surface area (Å²) in [6, 6.07) is 12.7. The van der Waals surface area contributed by atoms with Crippen molar-refractivity contribution < 1.29 is 9.53 Å². The highest BCUT2D eigenvalue weighted by molar-refractivity contribution is 8.03. The zero-order valence-electron chi connectivity index (χ0n) is 10.9. The van der Waals surface area contributed by atoms with Gasteiger partial charge in [0.15, 0.2) is 5.57 Å². The van der Waals surface area contributed by atoms with E-state index in [1.807, 2.05) is 30.3 Å². The maximum Gasteiger partial charge on any atom is 0.316 e. The minimum atomic E-state index is -0.389. The number of carbonyl (C=O) groups excluding carboxylic acids is 1. The third kappa shape index (κ3) is 5.05. The van der Waals surface area contributed by atoms with Crippen molar-refractivity contribution in [3.63, 3.8) is 0 Å². The van der Waals surface area contributed by atoms with Crippen molar-refractivity contribution in [3.05, 3.63) is 40.9 Å². The largest absolute Gasteiger partial charge is 0.465 e. The Balaban J connectivity index is 2.83. The summed E-state index contributed by atoms with van der Waals surface area (Å²) in [5, 5.41) is 21.2. The molecule has 102 valence electrons. The molecule has 0 heterocycles. The van der Waals surface area contributed by atoms with Crippen LogP contribution in [0.15, 0.2) is 40.9 Å². The molecule has 1 rings (SSSR count). The number of hydrogen-bond acceptors (Lipinski definition) is 6. The number of nitriles is 2. The van der Waals surface area contributed by atoms with Crippen LogP contribution < -0.4 is 5.32 Å². The van der Waals surface area contributed by atoms with Gasteiger partial charge in [-0.15, -0.1) is 0 Å². The SMILES string of the molecule is CCOC(=O)CSC(Nc1ccccc1)=C(C#N)C#N. The third-order valence-electron chi connectivity index (χ3n) is 2.12. The maximum atomic E-state index is 11.3. The fourth-order valence-electron chi connectivity index (χ4n) is 1.28. The smallest absolute Gasteiger partial charge is 0.316 e. The number of anilines is 1. The van der Waals surface area contributed by atoms with E-state index < -0.39 is 0 Å². The van der Waals surface area contributed by atoms with Crippen LogP contribution >= 0.6 is 11.8 Å². The highest BCUT2D eigenvalue weighted by Gasteiger charge is 2.11. The number of ether oxygens (including phenoxy) is 1. The lowest BCUT2D eigenvalue weighted by Gasteiger charge is -2.10. The second kappa shape index (κ2) is 8.63. The maximum absolute atomic E-state index is 11.3. The Morgan fingerprint density at radius 3 is 2.50 bits per heavy atom. The molecule has 0 saturated carbocycles. The van der Waals surface area contributed by atoms with E-state index in [2.05, 4.69) is 5.32 Å². The summed E-state index contributed by atoms with van der Waals surface area (Å²) in [7, 11) is 0. The number of benzene rings is 1. The average Bonchev–Trinajstić information content (AvgIpc) is 2.47. The van der Waals surface area contributed by atoms with Crippen LogP contribution in [-0.4, -0.2) is 18.3 Å². The van der Waals surface area contributed by atoms with Gasteiger partial charge < -0.3 is 10.1 Å². The number of thioether (sulfide) groups is 1. The predicted molar refractivity (Wildman–Crippen MR) is 77.4 cm³/mol. The van der Waals surface area contributed by atoms with Crippen molar-refractivity contribution in [2.45, 2.75) is 6.92 Å². The molecule has 0 radical (unpaired) electrons.